The zero-order valence-corrected chi connectivity index (χ0v) is 14.1. The van der Waals surface area contributed by atoms with Gasteiger partial charge >= 0.3 is 5.97 Å². The number of nitrogens with zero attached hydrogens (tertiary/aromatic N) is 1. The van der Waals surface area contributed by atoms with Crippen LogP contribution in [0.1, 0.15) is 27.7 Å². The lowest BCUT2D eigenvalue weighted by atomic mass is 9.90. The van der Waals surface area contributed by atoms with Crippen LogP contribution in [0.15, 0.2) is 24.3 Å². The van der Waals surface area contributed by atoms with Crippen LogP contribution in [-0.4, -0.2) is 30.1 Å². The van der Waals surface area contributed by atoms with Gasteiger partial charge in [-0.15, -0.1) is 0 Å². The van der Waals surface area contributed by atoms with Gasteiger partial charge in [0.15, 0.2) is 12.7 Å². The fourth-order valence-electron chi connectivity index (χ4n) is 1.65. The highest BCUT2D eigenvalue weighted by molar-refractivity contribution is 5.82. The van der Waals surface area contributed by atoms with Crippen molar-refractivity contribution in [2.45, 2.75) is 39.3 Å². The fourth-order valence-corrected chi connectivity index (χ4v) is 1.65. The maximum atomic E-state index is 12.8. The van der Waals surface area contributed by atoms with E-state index in [1.165, 1.54) is 31.2 Å². The summed E-state index contributed by atoms with van der Waals surface area (Å²) in [5.74, 6) is -1.53. The monoisotopic (exact) mass is 336 g/mol. The van der Waals surface area contributed by atoms with Gasteiger partial charge in [0, 0.05) is 0 Å². The second-order valence-electron chi connectivity index (χ2n) is 5.84. The van der Waals surface area contributed by atoms with E-state index in [1.54, 1.807) is 20.8 Å². The van der Waals surface area contributed by atoms with Crippen LogP contribution in [0.4, 0.5) is 4.39 Å². The van der Waals surface area contributed by atoms with Crippen LogP contribution in [0.25, 0.3) is 0 Å². The van der Waals surface area contributed by atoms with Gasteiger partial charge in [0.25, 0.3) is 5.91 Å². The van der Waals surface area contributed by atoms with Crippen LogP contribution in [0.3, 0.4) is 0 Å². The summed E-state index contributed by atoms with van der Waals surface area (Å²) in [4.78, 5) is 23.6. The fraction of sp³-hybridized carbons (Fsp3) is 0.471. The minimum absolute atomic E-state index is 0.108. The number of rotatable bonds is 7. The van der Waals surface area contributed by atoms with Gasteiger partial charge in [0.2, 0.25) is 0 Å². The molecule has 0 unspecified atom stereocenters. The standard InChI is InChI=1S/C17H21FN2O4/c1-11(2)17(4,10-19)20-15(21)9-23-16(22)12(3)24-14-7-5-13(18)6-8-14/h5-8,11-12H,9H2,1-4H3,(H,20,21)/t12-,17-/m0/s1. The molecule has 7 heteroatoms. The Kier molecular flexibility index (Phi) is 6.71. The predicted octanol–water partition coefficient (Wildman–Crippen LogP) is 2.19. The van der Waals surface area contributed by atoms with Crippen molar-refractivity contribution in [2.24, 2.45) is 5.92 Å². The van der Waals surface area contributed by atoms with Crippen molar-refractivity contribution in [3.63, 3.8) is 0 Å². The molecule has 0 aliphatic heterocycles. The molecule has 1 rings (SSSR count). The average Bonchev–Trinajstić information content (AvgIpc) is 2.54. The van der Waals surface area contributed by atoms with Gasteiger partial charge in [-0.2, -0.15) is 5.26 Å². The molecule has 2 atom stereocenters. The van der Waals surface area contributed by atoms with E-state index in [0.717, 1.165) is 0 Å². The van der Waals surface area contributed by atoms with Crippen LogP contribution in [0.2, 0.25) is 0 Å². The molecule has 0 radical (unpaired) electrons. The lowest BCUT2D eigenvalue weighted by Crippen LogP contribution is -2.50. The molecule has 1 N–H and O–H groups in total. The highest BCUT2D eigenvalue weighted by Crippen LogP contribution is 2.15. The molecule has 0 saturated carbocycles. The van der Waals surface area contributed by atoms with E-state index in [2.05, 4.69) is 5.32 Å². The van der Waals surface area contributed by atoms with Crippen molar-refractivity contribution in [1.29, 1.82) is 5.26 Å². The Bertz CT molecular complexity index is 624. The summed E-state index contributed by atoms with van der Waals surface area (Å²) < 4.78 is 23.0. The Morgan fingerprint density at radius 2 is 1.88 bits per heavy atom. The summed E-state index contributed by atoms with van der Waals surface area (Å²) in [6, 6.07) is 7.20. The van der Waals surface area contributed by atoms with Crippen LogP contribution in [0.5, 0.6) is 5.75 Å². The molecular formula is C17H21FN2O4. The van der Waals surface area contributed by atoms with E-state index >= 15 is 0 Å². The maximum absolute atomic E-state index is 12.8. The highest BCUT2D eigenvalue weighted by Gasteiger charge is 2.30. The van der Waals surface area contributed by atoms with Crippen LogP contribution >= 0.6 is 0 Å². The number of nitriles is 1. The van der Waals surface area contributed by atoms with E-state index < -0.39 is 35.9 Å². The number of nitrogens with one attached hydrogen (secondary N) is 1. The second-order valence-corrected chi connectivity index (χ2v) is 5.84. The number of halogens is 1. The number of carbonyl (C=O) groups excluding carboxylic acids is 2. The maximum Gasteiger partial charge on any atom is 0.347 e. The number of hydrogen-bond donors (Lipinski definition) is 1. The van der Waals surface area contributed by atoms with Crippen molar-refractivity contribution < 1.29 is 23.5 Å². The molecule has 6 nitrogen and oxygen atoms in total. The summed E-state index contributed by atoms with van der Waals surface area (Å²) in [5.41, 5.74) is -1.04. The van der Waals surface area contributed by atoms with Gasteiger partial charge in [-0.1, -0.05) is 13.8 Å². The molecule has 0 aliphatic rings. The molecule has 0 heterocycles. The molecule has 1 aromatic carbocycles. The van der Waals surface area contributed by atoms with Gasteiger partial charge in [-0.05, 0) is 44.0 Å². The molecule has 1 aromatic rings. The van der Waals surface area contributed by atoms with Crippen molar-refractivity contribution in [3.05, 3.63) is 30.1 Å². The summed E-state index contributed by atoms with van der Waals surface area (Å²) in [7, 11) is 0. The van der Waals surface area contributed by atoms with Gasteiger partial charge < -0.3 is 14.8 Å². The third-order valence-corrected chi connectivity index (χ3v) is 3.59. The van der Waals surface area contributed by atoms with E-state index in [1.807, 2.05) is 6.07 Å². The molecule has 0 bridgehead atoms. The zero-order valence-electron chi connectivity index (χ0n) is 14.1. The van der Waals surface area contributed by atoms with Gasteiger partial charge in [0.1, 0.15) is 17.1 Å². The van der Waals surface area contributed by atoms with Crippen LogP contribution in [0, 0.1) is 23.1 Å². The Balaban J connectivity index is 2.49. The van der Waals surface area contributed by atoms with Crippen molar-refractivity contribution in [2.75, 3.05) is 6.61 Å². The summed E-state index contributed by atoms with van der Waals surface area (Å²) >= 11 is 0. The molecular weight excluding hydrogens is 315 g/mol. The molecule has 0 spiro atoms. The number of hydrogen-bond acceptors (Lipinski definition) is 5. The highest BCUT2D eigenvalue weighted by atomic mass is 19.1. The molecule has 0 saturated heterocycles. The van der Waals surface area contributed by atoms with Crippen LogP contribution < -0.4 is 10.1 Å². The Labute approximate surface area is 140 Å². The topological polar surface area (TPSA) is 88.4 Å². The minimum atomic E-state index is -1.04. The molecule has 0 fully saturated rings. The summed E-state index contributed by atoms with van der Waals surface area (Å²) in [6.07, 6.45) is -0.962. The lowest BCUT2D eigenvalue weighted by molar-refractivity contribution is -0.155. The number of benzene rings is 1. The Hall–Kier alpha value is -2.62. The molecule has 24 heavy (non-hydrogen) atoms. The van der Waals surface area contributed by atoms with Crippen molar-refractivity contribution in [3.8, 4) is 11.8 Å². The number of amides is 1. The van der Waals surface area contributed by atoms with Gasteiger partial charge in [-0.3, -0.25) is 4.79 Å². The van der Waals surface area contributed by atoms with Crippen molar-refractivity contribution >= 4 is 11.9 Å². The molecule has 130 valence electrons. The molecule has 1 amide bonds. The normalized spacial score (nSPS) is 14.2. The lowest BCUT2D eigenvalue weighted by Gasteiger charge is -2.27. The first-order valence-corrected chi connectivity index (χ1v) is 7.49. The van der Waals surface area contributed by atoms with Gasteiger partial charge in [0.05, 0.1) is 6.07 Å². The average molecular weight is 336 g/mol. The molecule has 0 aliphatic carbocycles. The summed E-state index contributed by atoms with van der Waals surface area (Å²) in [5, 5.41) is 11.7. The van der Waals surface area contributed by atoms with E-state index in [0.29, 0.717) is 5.75 Å². The second kappa shape index (κ2) is 8.29. The van der Waals surface area contributed by atoms with Gasteiger partial charge in [-0.25, -0.2) is 9.18 Å². The smallest absolute Gasteiger partial charge is 0.347 e. The molecule has 0 aromatic heterocycles. The largest absolute Gasteiger partial charge is 0.479 e. The third-order valence-electron chi connectivity index (χ3n) is 3.59. The Morgan fingerprint density at radius 3 is 2.38 bits per heavy atom. The third kappa shape index (κ3) is 5.54. The van der Waals surface area contributed by atoms with Crippen molar-refractivity contribution in [1.82, 2.24) is 5.32 Å². The zero-order chi connectivity index (χ0) is 18.3. The van der Waals surface area contributed by atoms with E-state index in [-0.39, 0.29) is 5.92 Å². The SMILES string of the molecule is CC(C)[C@](C)(C#N)NC(=O)COC(=O)[C@H](C)Oc1ccc(F)cc1. The Morgan fingerprint density at radius 1 is 1.29 bits per heavy atom. The predicted molar refractivity (Wildman–Crippen MR) is 84.4 cm³/mol. The summed E-state index contributed by atoms with van der Waals surface area (Å²) in [6.45, 7) is 6.14. The number of ether oxygens (including phenoxy) is 2. The first kappa shape index (κ1) is 19.4. The quantitative estimate of drug-likeness (QED) is 0.771. The van der Waals surface area contributed by atoms with E-state index in [4.69, 9.17) is 14.7 Å². The van der Waals surface area contributed by atoms with Crippen LogP contribution in [-0.2, 0) is 14.3 Å². The first-order chi connectivity index (χ1) is 11.2. The first-order valence-electron chi connectivity index (χ1n) is 7.49. The minimum Gasteiger partial charge on any atom is -0.479 e. The number of esters is 1. The number of carbonyl (C=O) groups is 2. The van der Waals surface area contributed by atoms with E-state index in [9.17, 15) is 14.0 Å².